The Morgan fingerprint density at radius 3 is 2.29 bits per heavy atom. The normalized spacial score (nSPS) is 11.8. The first-order valence-corrected chi connectivity index (χ1v) is 14.9. The summed E-state index contributed by atoms with van der Waals surface area (Å²) in [6.45, 7) is 1.78. The predicted molar refractivity (Wildman–Crippen MR) is 170 cm³/mol. The molecule has 0 saturated heterocycles. The van der Waals surface area contributed by atoms with Crippen molar-refractivity contribution in [3.05, 3.63) is 105 Å². The first kappa shape index (κ1) is 30.7. The van der Waals surface area contributed by atoms with Gasteiger partial charge in [0.1, 0.15) is 17.2 Å². The molecule has 42 heavy (non-hydrogen) atoms. The lowest BCUT2D eigenvalue weighted by Gasteiger charge is -2.16. The number of thiophene rings is 1. The molecule has 1 atom stereocenters. The molecule has 3 aromatic carbocycles. The van der Waals surface area contributed by atoms with Crippen molar-refractivity contribution >= 4 is 69.9 Å². The van der Waals surface area contributed by atoms with E-state index in [0.29, 0.717) is 33.5 Å². The van der Waals surface area contributed by atoms with E-state index in [1.165, 1.54) is 37.3 Å². The van der Waals surface area contributed by atoms with Crippen molar-refractivity contribution in [1.82, 2.24) is 5.32 Å². The number of hydrogen-bond acceptors (Lipinski definition) is 7. The highest BCUT2D eigenvalue weighted by Gasteiger charge is 2.19. The van der Waals surface area contributed by atoms with Gasteiger partial charge in [0.05, 0.1) is 30.2 Å². The van der Waals surface area contributed by atoms with Crippen molar-refractivity contribution in [3.8, 4) is 11.5 Å². The standard InChI is InChI=1S/C31H28ClN3O5S2/c1-19(29(36)34-25-16-24(32)27(39-2)17-28(25)40-3)42-23-11-9-22(10-12-23)33-31(38)26(15-20-13-14-41-18-20)35-30(37)21-7-5-4-6-8-21/h4-19H,1-3H3,(H,33,38)(H,34,36)(H,35,37)/b26-15-. The zero-order valence-corrected chi connectivity index (χ0v) is 25.4. The average Bonchev–Trinajstić information content (AvgIpc) is 3.51. The van der Waals surface area contributed by atoms with Crippen LogP contribution in [0, 0.1) is 0 Å². The van der Waals surface area contributed by atoms with Gasteiger partial charge >= 0.3 is 0 Å². The van der Waals surface area contributed by atoms with Gasteiger partial charge in [-0.1, -0.05) is 29.8 Å². The van der Waals surface area contributed by atoms with Crippen molar-refractivity contribution in [2.75, 3.05) is 24.9 Å². The Morgan fingerprint density at radius 1 is 0.929 bits per heavy atom. The second kappa shape index (κ2) is 14.6. The summed E-state index contributed by atoms with van der Waals surface area (Å²) in [5, 5.41) is 12.1. The number of ether oxygens (including phenoxy) is 2. The first-order valence-electron chi connectivity index (χ1n) is 12.7. The topological polar surface area (TPSA) is 106 Å². The molecule has 216 valence electrons. The highest BCUT2D eigenvalue weighted by Crippen LogP contribution is 2.36. The molecule has 0 saturated carbocycles. The number of nitrogens with one attached hydrogen (secondary N) is 3. The molecular formula is C31H28ClN3O5S2. The smallest absolute Gasteiger partial charge is 0.272 e. The van der Waals surface area contributed by atoms with Crippen molar-refractivity contribution < 1.29 is 23.9 Å². The number of thioether (sulfide) groups is 1. The number of anilines is 2. The average molecular weight is 622 g/mol. The van der Waals surface area contributed by atoms with Gasteiger partial charge in [0.25, 0.3) is 11.8 Å². The summed E-state index contributed by atoms with van der Waals surface area (Å²) in [6.07, 6.45) is 1.63. The highest BCUT2D eigenvalue weighted by molar-refractivity contribution is 8.00. The third-order valence-electron chi connectivity index (χ3n) is 5.91. The molecule has 0 aliphatic carbocycles. The van der Waals surface area contributed by atoms with E-state index in [-0.39, 0.29) is 17.5 Å². The molecule has 0 aliphatic rings. The third kappa shape index (κ3) is 8.16. The Balaban J connectivity index is 1.40. The molecule has 8 nitrogen and oxygen atoms in total. The molecule has 11 heteroatoms. The van der Waals surface area contributed by atoms with E-state index >= 15 is 0 Å². The van der Waals surface area contributed by atoms with Crippen LogP contribution in [0.2, 0.25) is 5.02 Å². The minimum absolute atomic E-state index is 0.111. The third-order valence-corrected chi connectivity index (χ3v) is 8.02. The van der Waals surface area contributed by atoms with Gasteiger partial charge < -0.3 is 25.4 Å². The van der Waals surface area contributed by atoms with Crippen LogP contribution in [0.15, 0.2) is 94.1 Å². The number of carbonyl (C=O) groups excluding carboxylic acids is 3. The van der Waals surface area contributed by atoms with Gasteiger partial charge in [0.2, 0.25) is 5.91 Å². The number of rotatable bonds is 11. The summed E-state index contributed by atoms with van der Waals surface area (Å²) in [5.41, 5.74) is 2.32. The predicted octanol–water partition coefficient (Wildman–Crippen LogP) is 6.95. The van der Waals surface area contributed by atoms with E-state index in [4.69, 9.17) is 21.1 Å². The molecule has 4 rings (SSSR count). The maximum absolute atomic E-state index is 13.2. The van der Waals surface area contributed by atoms with E-state index in [0.717, 1.165) is 10.5 Å². The zero-order valence-electron chi connectivity index (χ0n) is 23.0. The summed E-state index contributed by atoms with van der Waals surface area (Å²) < 4.78 is 10.6. The Morgan fingerprint density at radius 2 is 1.64 bits per heavy atom. The lowest BCUT2D eigenvalue weighted by Crippen LogP contribution is -2.30. The van der Waals surface area contributed by atoms with Crippen LogP contribution in [0.1, 0.15) is 22.8 Å². The highest BCUT2D eigenvalue weighted by atomic mass is 35.5. The largest absolute Gasteiger partial charge is 0.495 e. The monoisotopic (exact) mass is 621 g/mol. The van der Waals surface area contributed by atoms with Crippen LogP contribution >= 0.6 is 34.7 Å². The summed E-state index contributed by atoms with van der Waals surface area (Å²) in [6, 6.07) is 20.8. The van der Waals surface area contributed by atoms with Gasteiger partial charge in [-0.05, 0) is 77.9 Å². The van der Waals surface area contributed by atoms with E-state index in [1.54, 1.807) is 73.7 Å². The summed E-state index contributed by atoms with van der Waals surface area (Å²) in [5.74, 6) is -0.233. The van der Waals surface area contributed by atoms with Crippen LogP contribution in [0.3, 0.4) is 0 Å². The Bertz CT molecular complexity index is 1580. The van der Waals surface area contributed by atoms with Crippen molar-refractivity contribution in [2.24, 2.45) is 0 Å². The number of halogens is 1. The molecule has 0 fully saturated rings. The first-order chi connectivity index (χ1) is 20.3. The summed E-state index contributed by atoms with van der Waals surface area (Å²) in [7, 11) is 2.99. The van der Waals surface area contributed by atoms with Gasteiger partial charge in [-0.3, -0.25) is 14.4 Å². The minimum atomic E-state index is -0.467. The van der Waals surface area contributed by atoms with Gasteiger partial charge in [-0.25, -0.2) is 0 Å². The summed E-state index contributed by atoms with van der Waals surface area (Å²) >= 11 is 9.06. The second-order valence-electron chi connectivity index (χ2n) is 8.85. The van der Waals surface area contributed by atoms with Gasteiger partial charge in [-0.2, -0.15) is 11.3 Å². The fraction of sp³-hybridized carbons (Fsp3) is 0.129. The van der Waals surface area contributed by atoms with Crippen LogP contribution in [-0.4, -0.2) is 37.2 Å². The quantitative estimate of drug-likeness (QED) is 0.124. The fourth-order valence-corrected chi connectivity index (χ4v) is 5.46. The molecule has 0 spiro atoms. The van der Waals surface area contributed by atoms with E-state index in [9.17, 15) is 14.4 Å². The van der Waals surface area contributed by atoms with Crippen LogP contribution in [0.5, 0.6) is 11.5 Å². The molecule has 3 N–H and O–H groups in total. The van der Waals surface area contributed by atoms with Crippen LogP contribution in [-0.2, 0) is 9.59 Å². The molecule has 4 aromatic rings. The fourth-order valence-electron chi connectivity index (χ4n) is 3.73. The number of amides is 3. The molecule has 3 amide bonds. The maximum Gasteiger partial charge on any atom is 0.272 e. The second-order valence-corrected chi connectivity index (χ2v) is 11.5. The van der Waals surface area contributed by atoms with E-state index < -0.39 is 11.2 Å². The zero-order chi connectivity index (χ0) is 30.1. The lowest BCUT2D eigenvalue weighted by atomic mass is 10.2. The number of methoxy groups -OCH3 is 2. The number of carbonyl (C=O) groups is 3. The molecule has 0 bridgehead atoms. The van der Waals surface area contributed by atoms with E-state index in [1.807, 2.05) is 22.9 Å². The molecule has 1 unspecified atom stereocenters. The summed E-state index contributed by atoms with van der Waals surface area (Å²) in [4.78, 5) is 39.6. The molecule has 0 aliphatic heterocycles. The van der Waals surface area contributed by atoms with Crippen molar-refractivity contribution in [3.63, 3.8) is 0 Å². The van der Waals surface area contributed by atoms with Crippen LogP contribution in [0.4, 0.5) is 11.4 Å². The van der Waals surface area contributed by atoms with Gasteiger partial charge in [0, 0.05) is 22.2 Å². The molecule has 1 heterocycles. The maximum atomic E-state index is 13.2. The molecule has 1 aromatic heterocycles. The molecular weight excluding hydrogens is 594 g/mol. The lowest BCUT2D eigenvalue weighted by molar-refractivity contribution is -0.115. The van der Waals surface area contributed by atoms with Crippen molar-refractivity contribution in [1.29, 1.82) is 0 Å². The number of benzene rings is 3. The van der Waals surface area contributed by atoms with Crippen LogP contribution < -0.4 is 25.4 Å². The Labute approximate surface area is 257 Å². The molecule has 0 radical (unpaired) electrons. The van der Waals surface area contributed by atoms with E-state index in [2.05, 4.69) is 16.0 Å². The SMILES string of the molecule is COc1cc(OC)c(NC(=O)C(C)Sc2ccc(NC(=O)/C(=C/c3ccsc3)NC(=O)c3ccccc3)cc2)cc1Cl. The number of hydrogen-bond donors (Lipinski definition) is 3. The Kier molecular flexibility index (Phi) is 10.7. The van der Waals surface area contributed by atoms with Gasteiger partial charge in [0.15, 0.2) is 0 Å². The van der Waals surface area contributed by atoms with Crippen molar-refractivity contribution in [2.45, 2.75) is 17.1 Å². The van der Waals surface area contributed by atoms with Gasteiger partial charge in [-0.15, -0.1) is 11.8 Å². The van der Waals surface area contributed by atoms with Crippen LogP contribution in [0.25, 0.3) is 6.08 Å². The minimum Gasteiger partial charge on any atom is -0.495 e. The Hall–Kier alpha value is -4.25.